The first-order valence-electron chi connectivity index (χ1n) is 11.2. The summed E-state index contributed by atoms with van der Waals surface area (Å²) >= 11 is 0. The molecule has 2 aromatic carbocycles. The molecule has 1 aromatic heterocycles. The topological polar surface area (TPSA) is 76.0 Å². The van der Waals surface area contributed by atoms with Crippen LogP contribution in [-0.4, -0.2) is 66.0 Å². The summed E-state index contributed by atoms with van der Waals surface area (Å²) in [5.74, 6) is 1.61. The van der Waals surface area contributed by atoms with E-state index < -0.39 is 6.10 Å². The van der Waals surface area contributed by atoms with Gasteiger partial charge in [0.05, 0.1) is 0 Å². The Balaban J connectivity index is 1.22. The number of rotatable bonds is 10. The van der Waals surface area contributed by atoms with Gasteiger partial charge in [-0.2, -0.15) is 0 Å². The van der Waals surface area contributed by atoms with Gasteiger partial charge in [0.2, 0.25) is 0 Å². The van der Waals surface area contributed by atoms with Crippen LogP contribution < -0.4 is 14.8 Å². The van der Waals surface area contributed by atoms with Crippen LogP contribution in [0.4, 0.5) is 0 Å². The number of fused-ring (bicyclic) bond motifs is 1. The third-order valence-electron chi connectivity index (χ3n) is 5.74. The van der Waals surface area contributed by atoms with E-state index in [1.54, 1.807) is 0 Å². The molecule has 1 unspecified atom stereocenters. The van der Waals surface area contributed by atoms with Crippen molar-refractivity contribution in [3.8, 4) is 11.5 Å². The van der Waals surface area contributed by atoms with Crippen molar-refractivity contribution in [3.05, 3.63) is 60.3 Å². The lowest BCUT2D eigenvalue weighted by molar-refractivity contribution is 0.0784. The SMILES string of the molecule is Cn1c(C(=O)N2CCCC2)cc2cc(OCCNCC(O)COc3ccccc3)ccc21. The highest BCUT2D eigenvalue weighted by atomic mass is 16.5. The van der Waals surface area contributed by atoms with Gasteiger partial charge in [-0.25, -0.2) is 0 Å². The van der Waals surface area contributed by atoms with E-state index in [1.165, 1.54) is 0 Å². The van der Waals surface area contributed by atoms with E-state index in [4.69, 9.17) is 9.47 Å². The second-order valence-corrected chi connectivity index (χ2v) is 8.14. The van der Waals surface area contributed by atoms with Crippen LogP contribution in [0.5, 0.6) is 11.5 Å². The summed E-state index contributed by atoms with van der Waals surface area (Å²) < 4.78 is 13.4. The summed E-state index contributed by atoms with van der Waals surface area (Å²) in [5.41, 5.74) is 1.73. The first-order valence-corrected chi connectivity index (χ1v) is 11.2. The van der Waals surface area contributed by atoms with Crippen molar-refractivity contribution >= 4 is 16.8 Å². The van der Waals surface area contributed by atoms with Gasteiger partial charge in [0.25, 0.3) is 5.91 Å². The maximum absolute atomic E-state index is 12.8. The molecule has 0 bridgehead atoms. The first-order chi connectivity index (χ1) is 15.6. The third kappa shape index (κ3) is 5.41. The zero-order valence-electron chi connectivity index (χ0n) is 18.5. The summed E-state index contributed by atoms with van der Waals surface area (Å²) in [5, 5.41) is 14.2. The molecule has 2 heterocycles. The van der Waals surface area contributed by atoms with Gasteiger partial charge < -0.3 is 29.4 Å². The molecule has 0 aliphatic carbocycles. The Labute approximate surface area is 188 Å². The zero-order chi connectivity index (χ0) is 22.3. The lowest BCUT2D eigenvalue weighted by Crippen LogP contribution is -2.33. The number of amides is 1. The van der Waals surface area contributed by atoms with E-state index in [9.17, 15) is 9.90 Å². The second kappa shape index (κ2) is 10.5. The van der Waals surface area contributed by atoms with Gasteiger partial charge in [0.1, 0.15) is 36.5 Å². The van der Waals surface area contributed by atoms with E-state index in [1.807, 2.05) is 71.1 Å². The van der Waals surface area contributed by atoms with Crippen LogP contribution in [0.3, 0.4) is 0 Å². The summed E-state index contributed by atoms with van der Waals surface area (Å²) in [6.45, 7) is 3.43. The van der Waals surface area contributed by atoms with E-state index in [0.29, 0.717) is 25.4 Å². The van der Waals surface area contributed by atoms with E-state index in [2.05, 4.69) is 5.32 Å². The number of aryl methyl sites for hydroxylation is 1. The molecule has 1 fully saturated rings. The van der Waals surface area contributed by atoms with E-state index in [-0.39, 0.29) is 12.5 Å². The summed E-state index contributed by atoms with van der Waals surface area (Å²) in [4.78, 5) is 14.7. The number of aromatic nitrogens is 1. The molecule has 7 nitrogen and oxygen atoms in total. The van der Waals surface area contributed by atoms with Crippen molar-refractivity contribution in [2.75, 3.05) is 39.4 Å². The number of benzene rings is 2. The molecule has 0 saturated carbocycles. The average molecular weight is 438 g/mol. The van der Waals surface area contributed by atoms with Crippen molar-refractivity contribution in [1.82, 2.24) is 14.8 Å². The molecule has 4 rings (SSSR count). The van der Waals surface area contributed by atoms with Crippen LogP contribution in [0.2, 0.25) is 0 Å². The van der Waals surface area contributed by atoms with Crippen LogP contribution in [-0.2, 0) is 7.05 Å². The predicted octanol–water partition coefficient (Wildman–Crippen LogP) is 2.82. The van der Waals surface area contributed by atoms with E-state index in [0.717, 1.165) is 48.3 Å². The minimum atomic E-state index is -0.595. The van der Waals surface area contributed by atoms with Gasteiger partial charge in [-0.05, 0) is 49.2 Å². The molecule has 2 N–H and O–H groups in total. The number of nitrogens with zero attached hydrogens (tertiary/aromatic N) is 2. The summed E-state index contributed by atoms with van der Waals surface area (Å²) in [6.07, 6.45) is 1.57. The number of aliphatic hydroxyl groups is 1. The Morgan fingerprint density at radius 3 is 2.62 bits per heavy atom. The van der Waals surface area contributed by atoms with Crippen LogP contribution in [0.1, 0.15) is 23.3 Å². The number of hydrogen-bond acceptors (Lipinski definition) is 5. The molecule has 0 radical (unpaired) electrons. The highest BCUT2D eigenvalue weighted by molar-refractivity contribution is 5.99. The molecule has 170 valence electrons. The van der Waals surface area contributed by atoms with Gasteiger partial charge in [0, 0.05) is 44.1 Å². The Kier molecular flexibility index (Phi) is 7.29. The number of carbonyl (C=O) groups excluding carboxylic acids is 1. The Morgan fingerprint density at radius 2 is 1.84 bits per heavy atom. The highest BCUT2D eigenvalue weighted by Crippen LogP contribution is 2.25. The largest absolute Gasteiger partial charge is 0.492 e. The van der Waals surface area contributed by atoms with E-state index >= 15 is 0 Å². The molecule has 32 heavy (non-hydrogen) atoms. The standard InChI is InChI=1S/C25H31N3O4/c1-27-23-10-9-22(15-19(23)16-24(27)25(30)28-12-5-6-13-28)31-14-11-26-17-20(29)18-32-21-7-3-2-4-8-21/h2-4,7-10,15-16,20,26,29H,5-6,11-14,17-18H2,1H3. The minimum Gasteiger partial charge on any atom is -0.492 e. The molecule has 1 atom stereocenters. The number of ether oxygens (including phenoxy) is 2. The zero-order valence-corrected chi connectivity index (χ0v) is 18.5. The van der Waals surface area contributed by atoms with Gasteiger partial charge in [-0.1, -0.05) is 18.2 Å². The van der Waals surface area contributed by atoms with Gasteiger partial charge in [-0.15, -0.1) is 0 Å². The first kappa shape index (κ1) is 22.2. The smallest absolute Gasteiger partial charge is 0.270 e. The number of likely N-dealkylation sites (tertiary alicyclic amines) is 1. The fraction of sp³-hybridized carbons (Fsp3) is 0.400. The normalized spacial score (nSPS) is 14.6. The van der Waals surface area contributed by atoms with Crippen molar-refractivity contribution < 1.29 is 19.4 Å². The number of hydrogen-bond donors (Lipinski definition) is 2. The molecule has 0 spiro atoms. The lowest BCUT2D eigenvalue weighted by Gasteiger charge is -2.15. The monoisotopic (exact) mass is 437 g/mol. The Morgan fingerprint density at radius 1 is 1.06 bits per heavy atom. The Bertz CT molecular complexity index is 1030. The Hall–Kier alpha value is -3.03. The number of aliphatic hydroxyl groups excluding tert-OH is 1. The van der Waals surface area contributed by atoms with Gasteiger partial charge in [-0.3, -0.25) is 4.79 Å². The summed E-state index contributed by atoms with van der Waals surface area (Å²) in [6, 6.07) is 17.3. The van der Waals surface area contributed by atoms with Crippen molar-refractivity contribution in [2.24, 2.45) is 7.05 Å². The number of para-hydroxylation sites is 1. The fourth-order valence-corrected chi connectivity index (χ4v) is 3.98. The van der Waals surface area contributed by atoms with Crippen LogP contribution in [0, 0.1) is 0 Å². The van der Waals surface area contributed by atoms with Crippen molar-refractivity contribution in [3.63, 3.8) is 0 Å². The molecule has 1 saturated heterocycles. The molecule has 1 aliphatic heterocycles. The minimum absolute atomic E-state index is 0.0997. The molecular formula is C25H31N3O4. The molecule has 7 heteroatoms. The fourth-order valence-electron chi connectivity index (χ4n) is 3.98. The van der Waals surface area contributed by atoms with Gasteiger partial charge in [0.15, 0.2) is 0 Å². The summed E-state index contributed by atoms with van der Waals surface area (Å²) in [7, 11) is 1.93. The van der Waals surface area contributed by atoms with Crippen LogP contribution in [0.25, 0.3) is 10.9 Å². The lowest BCUT2D eigenvalue weighted by atomic mass is 10.2. The number of carbonyl (C=O) groups is 1. The molecule has 1 aliphatic rings. The highest BCUT2D eigenvalue weighted by Gasteiger charge is 2.22. The van der Waals surface area contributed by atoms with Gasteiger partial charge >= 0.3 is 0 Å². The maximum Gasteiger partial charge on any atom is 0.270 e. The van der Waals surface area contributed by atoms with Crippen molar-refractivity contribution in [2.45, 2.75) is 18.9 Å². The predicted molar refractivity (Wildman–Crippen MR) is 124 cm³/mol. The molecular weight excluding hydrogens is 406 g/mol. The molecule has 3 aromatic rings. The average Bonchev–Trinajstić information content (AvgIpc) is 3.46. The van der Waals surface area contributed by atoms with Crippen LogP contribution >= 0.6 is 0 Å². The number of nitrogens with one attached hydrogen (secondary N) is 1. The van der Waals surface area contributed by atoms with Crippen LogP contribution in [0.15, 0.2) is 54.6 Å². The maximum atomic E-state index is 12.8. The quantitative estimate of drug-likeness (QED) is 0.477. The third-order valence-corrected chi connectivity index (χ3v) is 5.74. The second-order valence-electron chi connectivity index (χ2n) is 8.14. The molecule has 1 amide bonds. The van der Waals surface area contributed by atoms with Crippen molar-refractivity contribution in [1.29, 1.82) is 0 Å².